The van der Waals surface area contributed by atoms with Gasteiger partial charge in [0.15, 0.2) is 0 Å². The first-order valence-electron chi connectivity index (χ1n) is 6.27. The van der Waals surface area contributed by atoms with Gasteiger partial charge in [-0.15, -0.1) is 0 Å². The maximum Gasteiger partial charge on any atom is 0.0501 e. The Hall–Kier alpha value is -1.39. The van der Waals surface area contributed by atoms with Crippen molar-refractivity contribution in [3.63, 3.8) is 0 Å². The van der Waals surface area contributed by atoms with Crippen LogP contribution < -0.4 is 5.73 Å². The Balaban J connectivity index is 1.82. The largest absolute Gasteiger partial charge is 0.397 e. The zero-order chi connectivity index (χ0) is 13.7. The van der Waals surface area contributed by atoms with Crippen LogP contribution in [0.1, 0.15) is 11.3 Å². The number of nitrogens with zero attached hydrogens (tertiary/aromatic N) is 2. The van der Waals surface area contributed by atoms with Crippen molar-refractivity contribution in [2.45, 2.75) is 13.0 Å². The third-order valence-electron chi connectivity index (χ3n) is 2.96. The van der Waals surface area contributed by atoms with Crippen LogP contribution in [-0.4, -0.2) is 23.5 Å². The van der Waals surface area contributed by atoms with Crippen LogP contribution in [0.5, 0.6) is 0 Å². The first kappa shape index (κ1) is 14.0. The molecule has 0 spiro atoms. The number of rotatable bonds is 5. The molecule has 0 fully saturated rings. The lowest BCUT2D eigenvalue weighted by molar-refractivity contribution is 0.330. The van der Waals surface area contributed by atoms with Gasteiger partial charge in [0.1, 0.15) is 0 Å². The van der Waals surface area contributed by atoms with E-state index in [4.69, 9.17) is 5.73 Å². The number of nitrogen functional groups attached to an aromatic ring is 1. The molecular weight excluding hydrogens is 302 g/mol. The van der Waals surface area contributed by atoms with Crippen molar-refractivity contribution in [3.05, 3.63) is 58.3 Å². The van der Waals surface area contributed by atoms with E-state index in [1.54, 1.807) is 6.20 Å². The number of benzene rings is 1. The molecule has 0 aliphatic heterocycles. The van der Waals surface area contributed by atoms with Gasteiger partial charge in [-0.2, -0.15) is 0 Å². The fraction of sp³-hybridized carbons (Fsp3) is 0.267. The van der Waals surface area contributed by atoms with E-state index in [1.165, 1.54) is 5.56 Å². The van der Waals surface area contributed by atoms with Crippen molar-refractivity contribution in [1.29, 1.82) is 0 Å². The fourth-order valence-corrected chi connectivity index (χ4v) is 2.13. The molecule has 0 saturated heterocycles. The normalized spacial score (nSPS) is 10.9. The van der Waals surface area contributed by atoms with Crippen LogP contribution in [-0.2, 0) is 13.0 Å². The summed E-state index contributed by atoms with van der Waals surface area (Å²) >= 11 is 3.45. The lowest BCUT2D eigenvalue weighted by Gasteiger charge is -2.16. The van der Waals surface area contributed by atoms with Gasteiger partial charge in [-0.1, -0.05) is 28.1 Å². The van der Waals surface area contributed by atoms with E-state index in [-0.39, 0.29) is 0 Å². The molecule has 2 N–H and O–H groups in total. The van der Waals surface area contributed by atoms with Gasteiger partial charge in [-0.3, -0.25) is 4.98 Å². The molecule has 2 rings (SSSR count). The van der Waals surface area contributed by atoms with Crippen molar-refractivity contribution >= 4 is 21.6 Å². The molecule has 0 amide bonds. The average molecular weight is 320 g/mol. The number of hydrogen-bond donors (Lipinski definition) is 1. The van der Waals surface area contributed by atoms with Crippen molar-refractivity contribution in [1.82, 2.24) is 9.88 Å². The van der Waals surface area contributed by atoms with E-state index in [0.29, 0.717) is 5.69 Å². The molecule has 0 radical (unpaired) electrons. The summed E-state index contributed by atoms with van der Waals surface area (Å²) in [6, 6.07) is 12.3. The summed E-state index contributed by atoms with van der Waals surface area (Å²) in [5, 5.41) is 0. The van der Waals surface area contributed by atoms with E-state index < -0.39 is 0 Å². The van der Waals surface area contributed by atoms with E-state index in [1.807, 2.05) is 12.1 Å². The molecule has 0 unspecified atom stereocenters. The van der Waals surface area contributed by atoms with Crippen LogP contribution >= 0.6 is 15.9 Å². The molecule has 4 heteroatoms. The van der Waals surface area contributed by atoms with Gasteiger partial charge in [-0.05, 0) is 36.9 Å². The van der Waals surface area contributed by atoms with Crippen LogP contribution in [0.3, 0.4) is 0 Å². The molecule has 0 bridgehead atoms. The Bertz CT molecular complexity index is 508. The van der Waals surface area contributed by atoms with Crippen molar-refractivity contribution in [2.75, 3.05) is 19.3 Å². The first-order valence-corrected chi connectivity index (χ1v) is 7.06. The summed E-state index contributed by atoms with van der Waals surface area (Å²) in [5.74, 6) is 0. The van der Waals surface area contributed by atoms with Gasteiger partial charge in [0.25, 0.3) is 0 Å². The lowest BCUT2D eigenvalue weighted by atomic mass is 10.2. The molecule has 0 atom stereocenters. The second kappa shape index (κ2) is 6.68. The predicted molar refractivity (Wildman–Crippen MR) is 82.8 cm³/mol. The Morgan fingerprint density at radius 1 is 1.16 bits per heavy atom. The highest BCUT2D eigenvalue weighted by Crippen LogP contribution is 2.12. The van der Waals surface area contributed by atoms with E-state index >= 15 is 0 Å². The molecule has 0 aliphatic rings. The third-order valence-corrected chi connectivity index (χ3v) is 3.49. The predicted octanol–water partition coefficient (Wildman–Crippen LogP) is 3.10. The van der Waals surface area contributed by atoms with Crippen LogP contribution in [0, 0.1) is 0 Å². The molecule has 100 valence electrons. The van der Waals surface area contributed by atoms with Crippen molar-refractivity contribution in [2.24, 2.45) is 0 Å². The minimum absolute atomic E-state index is 0.715. The summed E-state index contributed by atoms with van der Waals surface area (Å²) < 4.78 is 1.12. The van der Waals surface area contributed by atoms with Gasteiger partial charge in [0, 0.05) is 29.7 Å². The molecule has 3 nitrogen and oxygen atoms in total. The maximum atomic E-state index is 5.62. The summed E-state index contributed by atoms with van der Waals surface area (Å²) in [7, 11) is 2.12. The van der Waals surface area contributed by atoms with Crippen molar-refractivity contribution < 1.29 is 0 Å². The molecule has 2 aromatic rings. The second-order valence-corrected chi connectivity index (χ2v) is 5.61. The molecule has 1 aromatic carbocycles. The number of anilines is 1. The third kappa shape index (κ3) is 4.65. The zero-order valence-electron chi connectivity index (χ0n) is 11.0. The number of aromatic nitrogens is 1. The second-order valence-electron chi connectivity index (χ2n) is 4.70. The van der Waals surface area contributed by atoms with Gasteiger partial charge in [0.05, 0.1) is 11.9 Å². The highest BCUT2D eigenvalue weighted by molar-refractivity contribution is 9.10. The number of halogens is 1. The number of nitrogens with two attached hydrogens (primary N) is 1. The highest BCUT2D eigenvalue weighted by atomic mass is 79.9. The van der Waals surface area contributed by atoms with Crippen molar-refractivity contribution in [3.8, 4) is 0 Å². The van der Waals surface area contributed by atoms with Crippen LogP contribution in [0.25, 0.3) is 0 Å². The lowest BCUT2D eigenvalue weighted by Crippen LogP contribution is -2.21. The topological polar surface area (TPSA) is 42.1 Å². The maximum absolute atomic E-state index is 5.62. The van der Waals surface area contributed by atoms with E-state index in [2.05, 4.69) is 57.1 Å². The smallest absolute Gasteiger partial charge is 0.0501 e. The van der Waals surface area contributed by atoms with E-state index in [0.717, 1.165) is 29.7 Å². The quantitative estimate of drug-likeness (QED) is 0.920. The minimum atomic E-state index is 0.715. The minimum Gasteiger partial charge on any atom is -0.397 e. The van der Waals surface area contributed by atoms with Gasteiger partial charge in [-0.25, -0.2) is 0 Å². The molecule has 1 heterocycles. The number of pyridine rings is 1. The first-order chi connectivity index (χ1) is 9.13. The Morgan fingerprint density at radius 3 is 2.53 bits per heavy atom. The summed E-state index contributed by atoms with van der Waals surface area (Å²) in [5.41, 5.74) is 8.73. The molecule has 0 aliphatic carbocycles. The van der Waals surface area contributed by atoms with Crippen LogP contribution in [0.2, 0.25) is 0 Å². The number of likely N-dealkylation sites (N-methyl/N-ethyl adjacent to an activating group) is 1. The van der Waals surface area contributed by atoms with Gasteiger partial charge < -0.3 is 10.6 Å². The Labute approximate surface area is 122 Å². The van der Waals surface area contributed by atoms with Crippen LogP contribution in [0.15, 0.2) is 47.1 Å². The molecule has 1 aromatic heterocycles. The fourth-order valence-electron chi connectivity index (χ4n) is 1.87. The summed E-state index contributed by atoms with van der Waals surface area (Å²) in [4.78, 5) is 6.60. The molecule has 0 saturated carbocycles. The monoisotopic (exact) mass is 319 g/mol. The summed E-state index contributed by atoms with van der Waals surface area (Å²) in [6.45, 7) is 1.93. The Morgan fingerprint density at radius 2 is 1.89 bits per heavy atom. The van der Waals surface area contributed by atoms with Crippen LogP contribution in [0.4, 0.5) is 5.69 Å². The van der Waals surface area contributed by atoms with Gasteiger partial charge in [0.2, 0.25) is 0 Å². The molecular formula is C15H18BrN3. The zero-order valence-corrected chi connectivity index (χ0v) is 12.6. The SMILES string of the molecule is CN(CCc1ccc(N)cn1)Cc1ccc(Br)cc1. The highest BCUT2D eigenvalue weighted by Gasteiger charge is 2.02. The standard InChI is InChI=1S/C15H18BrN3/c1-19(11-12-2-4-13(16)5-3-12)9-8-15-7-6-14(17)10-18-15/h2-7,10H,8-9,11,17H2,1H3. The van der Waals surface area contributed by atoms with E-state index in [9.17, 15) is 0 Å². The molecule has 19 heavy (non-hydrogen) atoms. The van der Waals surface area contributed by atoms with Gasteiger partial charge >= 0.3 is 0 Å². The summed E-state index contributed by atoms with van der Waals surface area (Å²) in [6.07, 6.45) is 2.65. The number of hydrogen-bond acceptors (Lipinski definition) is 3. The average Bonchev–Trinajstić information content (AvgIpc) is 2.41. The Kier molecular flexibility index (Phi) is 4.93.